The monoisotopic (exact) mass is 355 g/mol. The Balaban J connectivity index is 1.75. The number of para-hydroxylation sites is 1. The van der Waals surface area contributed by atoms with Crippen LogP contribution < -0.4 is 4.74 Å². The van der Waals surface area contributed by atoms with Crippen LogP contribution in [0.1, 0.15) is 23.2 Å². The van der Waals surface area contributed by atoms with Crippen LogP contribution in [0.2, 0.25) is 0 Å². The number of rotatable bonds is 5. The molecule has 26 heavy (non-hydrogen) atoms. The molecular formula is C21H25NO4. The van der Waals surface area contributed by atoms with Crippen LogP contribution >= 0.6 is 0 Å². The van der Waals surface area contributed by atoms with Crippen LogP contribution in [0, 0.1) is 5.92 Å². The summed E-state index contributed by atoms with van der Waals surface area (Å²) in [7, 11) is 1.64. The topological polar surface area (TPSA) is 70.0 Å². The molecule has 1 aliphatic rings. The number of benzene rings is 2. The summed E-state index contributed by atoms with van der Waals surface area (Å²) < 4.78 is 5.42. The summed E-state index contributed by atoms with van der Waals surface area (Å²) in [6, 6.07) is 15.3. The normalized spacial score (nSPS) is 16.3. The van der Waals surface area contributed by atoms with Gasteiger partial charge in [0.15, 0.2) is 0 Å². The van der Waals surface area contributed by atoms with E-state index >= 15 is 0 Å². The molecule has 0 saturated carbocycles. The van der Waals surface area contributed by atoms with Gasteiger partial charge in [-0.25, -0.2) is 0 Å². The van der Waals surface area contributed by atoms with E-state index in [4.69, 9.17) is 9.84 Å². The second kappa shape index (κ2) is 8.34. The lowest BCUT2D eigenvalue weighted by molar-refractivity contribution is 0.0179. The van der Waals surface area contributed by atoms with Crippen LogP contribution in [0.25, 0.3) is 11.1 Å². The van der Waals surface area contributed by atoms with Gasteiger partial charge in [-0.2, -0.15) is 0 Å². The third-order valence-electron chi connectivity index (χ3n) is 5.09. The van der Waals surface area contributed by atoms with Gasteiger partial charge in [0.2, 0.25) is 0 Å². The number of carbonyl (C=O) groups is 1. The van der Waals surface area contributed by atoms with E-state index in [1.165, 1.54) is 0 Å². The molecule has 138 valence electrons. The first kappa shape index (κ1) is 18.4. The highest BCUT2D eigenvalue weighted by molar-refractivity contribution is 5.95. The molecule has 3 rings (SSSR count). The highest BCUT2D eigenvalue weighted by Crippen LogP contribution is 2.30. The fraction of sp³-hybridized carbons (Fsp3) is 0.381. The average molecular weight is 355 g/mol. The van der Waals surface area contributed by atoms with Crippen molar-refractivity contribution in [3.63, 3.8) is 0 Å². The Hall–Kier alpha value is -2.37. The van der Waals surface area contributed by atoms with Crippen molar-refractivity contribution in [2.24, 2.45) is 5.92 Å². The van der Waals surface area contributed by atoms with Crippen molar-refractivity contribution in [3.8, 4) is 16.9 Å². The van der Waals surface area contributed by atoms with Crippen LogP contribution in [-0.2, 0) is 0 Å². The summed E-state index contributed by atoms with van der Waals surface area (Å²) in [6.45, 7) is 0.971. The van der Waals surface area contributed by atoms with E-state index in [9.17, 15) is 9.90 Å². The van der Waals surface area contributed by atoms with Gasteiger partial charge in [0.1, 0.15) is 5.75 Å². The molecule has 1 unspecified atom stereocenters. The van der Waals surface area contributed by atoms with Gasteiger partial charge in [0.25, 0.3) is 5.91 Å². The maximum absolute atomic E-state index is 12.9. The predicted molar refractivity (Wildman–Crippen MR) is 100 cm³/mol. The molecule has 2 aromatic carbocycles. The second-order valence-corrected chi connectivity index (χ2v) is 6.66. The molecule has 1 amide bonds. The number of hydrogen-bond acceptors (Lipinski definition) is 4. The fourth-order valence-corrected chi connectivity index (χ4v) is 3.52. The van der Waals surface area contributed by atoms with E-state index < -0.39 is 6.10 Å². The van der Waals surface area contributed by atoms with Gasteiger partial charge in [0.05, 0.1) is 19.8 Å². The van der Waals surface area contributed by atoms with Crippen LogP contribution in [0.5, 0.6) is 5.75 Å². The molecule has 0 aliphatic carbocycles. The Bertz CT molecular complexity index is 753. The molecule has 5 nitrogen and oxygen atoms in total. The Kier molecular flexibility index (Phi) is 5.91. The van der Waals surface area contributed by atoms with Crippen molar-refractivity contribution in [1.82, 2.24) is 4.90 Å². The van der Waals surface area contributed by atoms with Crippen molar-refractivity contribution in [2.75, 3.05) is 26.8 Å². The zero-order valence-corrected chi connectivity index (χ0v) is 15.0. The summed E-state index contributed by atoms with van der Waals surface area (Å²) >= 11 is 0. The van der Waals surface area contributed by atoms with Gasteiger partial charge in [0, 0.05) is 24.2 Å². The van der Waals surface area contributed by atoms with E-state index in [-0.39, 0.29) is 18.4 Å². The molecule has 0 radical (unpaired) electrons. The Morgan fingerprint density at radius 2 is 1.92 bits per heavy atom. The number of nitrogens with zero attached hydrogens (tertiary/aromatic N) is 1. The maximum atomic E-state index is 12.9. The lowest BCUT2D eigenvalue weighted by atomic mass is 9.91. The molecule has 2 aromatic rings. The van der Waals surface area contributed by atoms with Gasteiger partial charge >= 0.3 is 0 Å². The highest BCUT2D eigenvalue weighted by atomic mass is 16.5. The predicted octanol–water partition coefficient (Wildman–Crippen LogP) is 2.57. The van der Waals surface area contributed by atoms with Crippen molar-refractivity contribution in [2.45, 2.75) is 18.9 Å². The van der Waals surface area contributed by atoms with E-state index in [0.717, 1.165) is 16.9 Å². The number of ether oxygens (including phenoxy) is 1. The van der Waals surface area contributed by atoms with Gasteiger partial charge in [-0.3, -0.25) is 4.79 Å². The van der Waals surface area contributed by atoms with Gasteiger partial charge < -0.3 is 19.8 Å². The van der Waals surface area contributed by atoms with E-state index in [2.05, 4.69) is 0 Å². The molecule has 5 heteroatoms. The lowest BCUT2D eigenvalue weighted by Crippen LogP contribution is -2.42. The molecule has 1 saturated heterocycles. The zero-order valence-electron chi connectivity index (χ0n) is 15.0. The van der Waals surface area contributed by atoms with Crippen LogP contribution in [0.4, 0.5) is 0 Å². The van der Waals surface area contributed by atoms with Crippen molar-refractivity contribution >= 4 is 5.91 Å². The molecule has 0 bridgehead atoms. The van der Waals surface area contributed by atoms with E-state index in [1.807, 2.05) is 53.4 Å². The summed E-state index contributed by atoms with van der Waals surface area (Å²) in [5.41, 5.74) is 2.54. The van der Waals surface area contributed by atoms with Gasteiger partial charge in [-0.15, -0.1) is 0 Å². The third-order valence-corrected chi connectivity index (χ3v) is 5.09. The van der Waals surface area contributed by atoms with E-state index in [1.54, 1.807) is 7.11 Å². The number of likely N-dealkylation sites (tertiary alicyclic amines) is 1. The first-order valence-electron chi connectivity index (χ1n) is 8.95. The van der Waals surface area contributed by atoms with Crippen LogP contribution in [0.15, 0.2) is 48.5 Å². The highest BCUT2D eigenvalue weighted by Gasteiger charge is 2.27. The van der Waals surface area contributed by atoms with Crippen molar-refractivity contribution < 1.29 is 19.7 Å². The van der Waals surface area contributed by atoms with Crippen molar-refractivity contribution in [1.29, 1.82) is 0 Å². The molecule has 1 aliphatic heterocycles. The minimum Gasteiger partial charge on any atom is -0.496 e. The summed E-state index contributed by atoms with van der Waals surface area (Å²) in [5, 5.41) is 18.9. The molecular weight excluding hydrogens is 330 g/mol. The first-order valence-corrected chi connectivity index (χ1v) is 8.95. The number of amides is 1. The summed E-state index contributed by atoms with van der Waals surface area (Å²) in [6.07, 6.45) is 0.723. The van der Waals surface area contributed by atoms with Gasteiger partial charge in [-0.05, 0) is 42.5 Å². The third kappa shape index (κ3) is 3.89. The Labute approximate surface area is 153 Å². The summed E-state index contributed by atoms with van der Waals surface area (Å²) in [5.74, 6) is 0.832. The molecule has 1 heterocycles. The minimum absolute atomic E-state index is 0.00122. The summed E-state index contributed by atoms with van der Waals surface area (Å²) in [4.78, 5) is 14.7. The smallest absolute Gasteiger partial charge is 0.253 e. The molecule has 0 aromatic heterocycles. The number of aliphatic hydroxyl groups excluding tert-OH is 2. The van der Waals surface area contributed by atoms with Crippen LogP contribution in [-0.4, -0.2) is 53.9 Å². The Morgan fingerprint density at radius 1 is 1.19 bits per heavy atom. The Morgan fingerprint density at radius 3 is 2.62 bits per heavy atom. The SMILES string of the molecule is COc1ccccc1-c1cccc(C(=O)N2CCC(C(O)CO)CC2)c1. The standard InChI is InChI=1S/C21H25NO4/c1-26-20-8-3-2-7-18(20)16-5-4-6-17(13-16)21(25)22-11-9-15(10-12-22)19(24)14-23/h2-8,13,15,19,23-24H,9-12,14H2,1H3. The molecule has 1 fully saturated rings. The second-order valence-electron chi connectivity index (χ2n) is 6.66. The molecule has 2 N–H and O–H groups in total. The number of methoxy groups -OCH3 is 1. The zero-order chi connectivity index (χ0) is 18.5. The number of hydrogen-bond donors (Lipinski definition) is 2. The number of aliphatic hydroxyl groups is 2. The minimum atomic E-state index is -0.693. The van der Waals surface area contributed by atoms with Gasteiger partial charge in [-0.1, -0.05) is 30.3 Å². The fourth-order valence-electron chi connectivity index (χ4n) is 3.52. The number of piperidine rings is 1. The lowest BCUT2D eigenvalue weighted by Gasteiger charge is -2.33. The van der Waals surface area contributed by atoms with Crippen LogP contribution in [0.3, 0.4) is 0 Å². The maximum Gasteiger partial charge on any atom is 0.253 e. The number of carbonyl (C=O) groups excluding carboxylic acids is 1. The van der Waals surface area contributed by atoms with Crippen molar-refractivity contribution in [3.05, 3.63) is 54.1 Å². The molecule has 0 spiro atoms. The molecule has 1 atom stereocenters. The quantitative estimate of drug-likeness (QED) is 0.865. The first-order chi connectivity index (χ1) is 12.6. The average Bonchev–Trinajstić information content (AvgIpc) is 2.72. The van der Waals surface area contributed by atoms with E-state index in [0.29, 0.717) is 31.5 Å². The largest absolute Gasteiger partial charge is 0.496 e.